The van der Waals surface area contributed by atoms with Crippen LogP contribution in [0.1, 0.15) is 6.42 Å². The molecule has 4 N–H and O–H groups in total. The Morgan fingerprint density at radius 3 is 2.37 bits per heavy atom. The maximum absolute atomic E-state index is 13.4. The van der Waals surface area contributed by atoms with Gasteiger partial charge in [-0.3, -0.25) is 19.6 Å². The predicted octanol–water partition coefficient (Wildman–Crippen LogP) is 3.52. The highest BCUT2D eigenvalue weighted by Gasteiger charge is 2.42. The molecule has 7 rings (SSSR count). The van der Waals surface area contributed by atoms with Crippen molar-refractivity contribution in [2.45, 2.75) is 12.0 Å². The van der Waals surface area contributed by atoms with Crippen molar-refractivity contribution in [3.8, 4) is 22.6 Å². The van der Waals surface area contributed by atoms with Gasteiger partial charge in [-0.15, -0.1) is 0 Å². The SMILES string of the molecule is NC1(C(=O)Nc2ccc3[nH]nc(-c4ccc(F)cc4)c3c2)CCN(CC(=O)N2CCN(c3ccc(-c4ncccn4)cc3)CC2)C1. The van der Waals surface area contributed by atoms with Gasteiger partial charge in [-0.1, -0.05) is 0 Å². The maximum Gasteiger partial charge on any atom is 0.245 e. The molecule has 234 valence electrons. The molecule has 5 aromatic rings. The van der Waals surface area contributed by atoms with Gasteiger partial charge in [0.05, 0.1) is 17.8 Å². The third kappa shape index (κ3) is 6.04. The van der Waals surface area contributed by atoms with Crippen LogP contribution in [0.4, 0.5) is 15.8 Å². The van der Waals surface area contributed by atoms with Crippen LogP contribution < -0.4 is 16.0 Å². The highest BCUT2D eigenvalue weighted by Crippen LogP contribution is 2.30. The van der Waals surface area contributed by atoms with Gasteiger partial charge in [0.2, 0.25) is 11.8 Å². The van der Waals surface area contributed by atoms with Crippen molar-refractivity contribution >= 4 is 34.1 Å². The summed E-state index contributed by atoms with van der Waals surface area (Å²) in [4.78, 5) is 41.3. The van der Waals surface area contributed by atoms with Crippen molar-refractivity contribution in [2.75, 3.05) is 56.0 Å². The molecular formula is C34H34FN9O2. The molecule has 1 unspecified atom stereocenters. The van der Waals surface area contributed by atoms with Crippen LogP contribution in [-0.4, -0.2) is 93.1 Å². The topological polar surface area (TPSA) is 136 Å². The molecule has 2 amide bonds. The number of rotatable bonds is 7. The predicted molar refractivity (Wildman–Crippen MR) is 174 cm³/mol. The van der Waals surface area contributed by atoms with Gasteiger partial charge in [-0.2, -0.15) is 5.10 Å². The minimum Gasteiger partial charge on any atom is -0.368 e. The number of anilines is 2. The second-order valence-electron chi connectivity index (χ2n) is 11.9. The lowest BCUT2D eigenvalue weighted by molar-refractivity contribution is -0.132. The molecule has 0 saturated carbocycles. The van der Waals surface area contributed by atoms with Crippen LogP contribution in [0.15, 0.2) is 85.2 Å². The third-order valence-corrected chi connectivity index (χ3v) is 8.82. The molecule has 2 aliphatic rings. The number of halogens is 1. The molecule has 4 heterocycles. The van der Waals surface area contributed by atoms with Crippen molar-refractivity contribution < 1.29 is 14.0 Å². The van der Waals surface area contributed by atoms with Gasteiger partial charge in [0.15, 0.2) is 5.82 Å². The average Bonchev–Trinajstić information content (AvgIpc) is 3.69. The molecule has 1 atom stereocenters. The van der Waals surface area contributed by atoms with E-state index in [1.165, 1.54) is 12.1 Å². The largest absolute Gasteiger partial charge is 0.368 e. The van der Waals surface area contributed by atoms with Crippen molar-refractivity contribution in [3.05, 3.63) is 91.0 Å². The first-order valence-electron chi connectivity index (χ1n) is 15.3. The molecule has 0 bridgehead atoms. The second-order valence-corrected chi connectivity index (χ2v) is 11.9. The van der Waals surface area contributed by atoms with E-state index >= 15 is 0 Å². The Hall–Kier alpha value is -5.20. The molecule has 12 heteroatoms. The summed E-state index contributed by atoms with van der Waals surface area (Å²) >= 11 is 0. The number of fused-ring (bicyclic) bond motifs is 1. The Morgan fingerprint density at radius 2 is 1.63 bits per heavy atom. The molecular weight excluding hydrogens is 585 g/mol. The van der Waals surface area contributed by atoms with Crippen LogP contribution in [0.25, 0.3) is 33.5 Å². The lowest BCUT2D eigenvalue weighted by Crippen LogP contribution is -2.54. The number of nitrogens with zero attached hydrogens (tertiary/aromatic N) is 6. The summed E-state index contributed by atoms with van der Waals surface area (Å²) in [6, 6.07) is 21.5. The Morgan fingerprint density at radius 1 is 0.913 bits per heavy atom. The summed E-state index contributed by atoms with van der Waals surface area (Å²) < 4.78 is 13.4. The minimum atomic E-state index is -1.12. The van der Waals surface area contributed by atoms with Gasteiger partial charge in [-0.05, 0) is 79.2 Å². The Balaban J connectivity index is 0.921. The normalized spacial score (nSPS) is 18.7. The van der Waals surface area contributed by atoms with E-state index in [4.69, 9.17) is 5.73 Å². The first-order valence-corrected chi connectivity index (χ1v) is 15.3. The number of H-pyrrole nitrogens is 1. The van der Waals surface area contributed by atoms with Gasteiger partial charge >= 0.3 is 0 Å². The van der Waals surface area contributed by atoms with E-state index in [1.807, 2.05) is 34.1 Å². The Labute approximate surface area is 265 Å². The Bertz CT molecular complexity index is 1860. The summed E-state index contributed by atoms with van der Waals surface area (Å²) in [7, 11) is 0. The molecule has 2 aromatic heterocycles. The molecule has 0 spiro atoms. The molecule has 11 nitrogen and oxygen atoms in total. The fourth-order valence-electron chi connectivity index (χ4n) is 6.19. The van der Waals surface area contributed by atoms with Gasteiger partial charge in [0, 0.05) is 79.6 Å². The number of piperazine rings is 1. The zero-order chi connectivity index (χ0) is 31.7. The van der Waals surface area contributed by atoms with Gasteiger partial charge in [-0.25, -0.2) is 14.4 Å². The zero-order valence-electron chi connectivity index (χ0n) is 25.2. The molecule has 46 heavy (non-hydrogen) atoms. The van der Waals surface area contributed by atoms with Crippen molar-refractivity contribution in [2.24, 2.45) is 5.73 Å². The standard InChI is InChI=1S/C34H34FN9O2/c35-25-6-2-23(3-7-25)31-28-20-26(8-11-29(28)40-41-31)39-33(46)34(36)12-15-42(22-34)21-30(45)44-18-16-43(17-19-44)27-9-4-24(5-10-27)32-37-13-1-14-38-32/h1-11,13-14,20H,12,15-19,21-22,36H2,(H,39,46)(H,40,41). The zero-order valence-corrected chi connectivity index (χ0v) is 25.2. The number of benzene rings is 3. The number of hydrogen-bond donors (Lipinski definition) is 3. The number of nitrogens with two attached hydrogens (primary N) is 1. The van der Waals surface area contributed by atoms with Crippen LogP contribution in [0, 0.1) is 5.82 Å². The maximum atomic E-state index is 13.4. The first-order chi connectivity index (χ1) is 22.3. The second kappa shape index (κ2) is 12.3. The van der Waals surface area contributed by atoms with Crippen molar-refractivity contribution in [1.82, 2.24) is 30.0 Å². The molecule has 0 radical (unpaired) electrons. The first kappa shape index (κ1) is 29.5. The summed E-state index contributed by atoms with van der Waals surface area (Å²) in [5, 5.41) is 11.1. The van der Waals surface area contributed by atoms with E-state index < -0.39 is 5.54 Å². The van der Waals surface area contributed by atoms with E-state index in [-0.39, 0.29) is 30.7 Å². The molecule has 0 aliphatic carbocycles. The smallest absolute Gasteiger partial charge is 0.245 e. The summed E-state index contributed by atoms with van der Waals surface area (Å²) in [6.07, 6.45) is 3.90. The van der Waals surface area contributed by atoms with Gasteiger partial charge in [0.25, 0.3) is 0 Å². The van der Waals surface area contributed by atoms with Crippen molar-refractivity contribution in [3.63, 3.8) is 0 Å². The van der Waals surface area contributed by atoms with E-state index in [0.717, 1.165) is 40.8 Å². The molecule has 2 fully saturated rings. The molecule has 3 aromatic carbocycles. The van der Waals surface area contributed by atoms with E-state index in [0.29, 0.717) is 43.3 Å². The van der Waals surface area contributed by atoms with E-state index in [9.17, 15) is 14.0 Å². The van der Waals surface area contributed by atoms with Crippen LogP contribution in [-0.2, 0) is 9.59 Å². The number of carbonyl (C=O) groups is 2. The molecule has 2 aliphatic heterocycles. The van der Waals surface area contributed by atoms with Gasteiger partial charge in [0.1, 0.15) is 11.4 Å². The number of likely N-dealkylation sites (tertiary alicyclic amines) is 1. The number of carbonyl (C=O) groups excluding carboxylic acids is 2. The average molecular weight is 620 g/mol. The minimum absolute atomic E-state index is 0.0413. The lowest BCUT2D eigenvalue weighted by Gasteiger charge is -2.37. The number of amides is 2. The fraction of sp³-hybridized carbons (Fsp3) is 0.265. The third-order valence-electron chi connectivity index (χ3n) is 8.82. The lowest BCUT2D eigenvalue weighted by atomic mass is 9.99. The van der Waals surface area contributed by atoms with Crippen LogP contribution >= 0.6 is 0 Å². The van der Waals surface area contributed by atoms with Crippen molar-refractivity contribution in [1.29, 1.82) is 0 Å². The highest BCUT2D eigenvalue weighted by molar-refractivity contribution is 6.02. The van der Waals surface area contributed by atoms with Crippen LogP contribution in [0.2, 0.25) is 0 Å². The highest BCUT2D eigenvalue weighted by atomic mass is 19.1. The van der Waals surface area contributed by atoms with E-state index in [1.54, 1.807) is 36.7 Å². The summed E-state index contributed by atoms with van der Waals surface area (Å²) in [6.45, 7) is 3.79. The molecule has 2 saturated heterocycles. The van der Waals surface area contributed by atoms with Gasteiger partial charge < -0.3 is 20.9 Å². The number of nitrogens with one attached hydrogen (secondary N) is 2. The number of aromatic nitrogens is 4. The van der Waals surface area contributed by atoms with Crippen LogP contribution in [0.5, 0.6) is 0 Å². The fourth-order valence-corrected chi connectivity index (χ4v) is 6.19. The Kier molecular flexibility index (Phi) is 7.89. The monoisotopic (exact) mass is 619 g/mol. The summed E-state index contributed by atoms with van der Waals surface area (Å²) in [5.41, 5.74) is 10.3. The quantitative estimate of drug-likeness (QED) is 0.252. The van der Waals surface area contributed by atoms with E-state index in [2.05, 4.69) is 42.5 Å². The summed E-state index contributed by atoms with van der Waals surface area (Å²) in [5.74, 6) is 0.113. The number of aromatic amines is 1. The van der Waals surface area contributed by atoms with Crippen LogP contribution in [0.3, 0.4) is 0 Å². The number of hydrogen-bond acceptors (Lipinski definition) is 8.